The van der Waals surface area contributed by atoms with E-state index in [2.05, 4.69) is 24.2 Å². The predicted octanol–water partition coefficient (Wildman–Crippen LogP) is 2.40. The number of benzene rings is 1. The minimum atomic E-state index is -0.147. The van der Waals surface area contributed by atoms with Crippen LogP contribution in [0.5, 0.6) is 11.5 Å². The molecule has 1 aromatic heterocycles. The standard InChI is InChI=1S/C16H23N3O3/c1-12(2)8-9-19-14(13(10-20)17-18-19)11-22-16-7-5-4-6-15(16)21-3/h4-7,12,20H,8-11H2,1-3H3. The van der Waals surface area contributed by atoms with Gasteiger partial charge in [-0.05, 0) is 24.5 Å². The molecule has 1 aromatic carbocycles. The summed E-state index contributed by atoms with van der Waals surface area (Å²) in [6.45, 7) is 5.23. The van der Waals surface area contributed by atoms with Gasteiger partial charge in [-0.1, -0.05) is 31.2 Å². The normalized spacial score (nSPS) is 11.0. The Morgan fingerprint density at radius 2 is 1.95 bits per heavy atom. The first-order valence-electron chi connectivity index (χ1n) is 7.43. The second kappa shape index (κ2) is 7.79. The highest BCUT2D eigenvalue weighted by Gasteiger charge is 2.14. The number of hydrogen-bond donors (Lipinski definition) is 1. The average Bonchev–Trinajstić information content (AvgIpc) is 2.93. The molecule has 2 rings (SSSR count). The highest BCUT2D eigenvalue weighted by molar-refractivity contribution is 5.39. The molecule has 0 spiro atoms. The number of aromatic nitrogens is 3. The van der Waals surface area contributed by atoms with Crippen LogP contribution in [0, 0.1) is 5.92 Å². The molecular weight excluding hydrogens is 282 g/mol. The van der Waals surface area contributed by atoms with Crippen LogP contribution in [-0.2, 0) is 19.8 Å². The number of methoxy groups -OCH3 is 1. The van der Waals surface area contributed by atoms with E-state index in [-0.39, 0.29) is 6.61 Å². The van der Waals surface area contributed by atoms with Crippen LogP contribution >= 0.6 is 0 Å². The van der Waals surface area contributed by atoms with Crippen LogP contribution in [0.25, 0.3) is 0 Å². The third-order valence-electron chi connectivity index (χ3n) is 3.42. The third-order valence-corrected chi connectivity index (χ3v) is 3.42. The Balaban J connectivity index is 2.12. The number of ether oxygens (including phenoxy) is 2. The highest BCUT2D eigenvalue weighted by Crippen LogP contribution is 2.27. The van der Waals surface area contributed by atoms with Crippen molar-refractivity contribution >= 4 is 0 Å². The van der Waals surface area contributed by atoms with E-state index in [1.54, 1.807) is 11.8 Å². The number of aliphatic hydroxyl groups is 1. The lowest BCUT2D eigenvalue weighted by Gasteiger charge is -2.12. The van der Waals surface area contributed by atoms with Crippen LogP contribution in [0.15, 0.2) is 24.3 Å². The molecule has 0 aliphatic carbocycles. The largest absolute Gasteiger partial charge is 0.493 e. The topological polar surface area (TPSA) is 69.4 Å². The van der Waals surface area contributed by atoms with Gasteiger partial charge in [0.15, 0.2) is 11.5 Å². The first-order chi connectivity index (χ1) is 10.7. The van der Waals surface area contributed by atoms with E-state index in [0.29, 0.717) is 29.7 Å². The van der Waals surface area contributed by atoms with Crippen molar-refractivity contribution in [2.75, 3.05) is 7.11 Å². The zero-order chi connectivity index (χ0) is 15.9. The van der Waals surface area contributed by atoms with Crippen LogP contribution in [0.4, 0.5) is 0 Å². The van der Waals surface area contributed by atoms with Gasteiger partial charge in [0.1, 0.15) is 18.0 Å². The van der Waals surface area contributed by atoms with Crippen LogP contribution in [0.1, 0.15) is 31.7 Å². The molecule has 22 heavy (non-hydrogen) atoms. The smallest absolute Gasteiger partial charge is 0.161 e. The molecule has 0 radical (unpaired) electrons. The number of hydrogen-bond acceptors (Lipinski definition) is 5. The highest BCUT2D eigenvalue weighted by atomic mass is 16.5. The van der Waals surface area contributed by atoms with Gasteiger partial charge >= 0.3 is 0 Å². The lowest BCUT2D eigenvalue weighted by Crippen LogP contribution is -2.11. The molecule has 6 nitrogen and oxygen atoms in total. The Hall–Kier alpha value is -2.08. The summed E-state index contributed by atoms with van der Waals surface area (Å²) in [6, 6.07) is 7.47. The van der Waals surface area contributed by atoms with Crippen molar-refractivity contribution in [3.05, 3.63) is 35.7 Å². The van der Waals surface area contributed by atoms with Gasteiger partial charge in [-0.2, -0.15) is 0 Å². The Labute approximate surface area is 130 Å². The lowest BCUT2D eigenvalue weighted by molar-refractivity contribution is 0.254. The fraction of sp³-hybridized carbons (Fsp3) is 0.500. The molecular formula is C16H23N3O3. The van der Waals surface area contributed by atoms with E-state index < -0.39 is 0 Å². The molecule has 0 aliphatic rings. The Bertz CT molecular complexity index is 596. The zero-order valence-electron chi connectivity index (χ0n) is 13.3. The Morgan fingerprint density at radius 1 is 1.23 bits per heavy atom. The second-order valence-electron chi connectivity index (χ2n) is 5.49. The first-order valence-corrected chi connectivity index (χ1v) is 7.43. The first kappa shape index (κ1) is 16.3. The Kier molecular flexibility index (Phi) is 5.77. The number of para-hydroxylation sites is 2. The SMILES string of the molecule is COc1ccccc1OCc1c(CO)nnn1CCC(C)C. The minimum Gasteiger partial charge on any atom is -0.493 e. The van der Waals surface area contributed by atoms with Crippen LogP contribution in [0.3, 0.4) is 0 Å². The molecule has 6 heteroatoms. The molecule has 0 aliphatic heterocycles. The maximum absolute atomic E-state index is 9.41. The van der Waals surface area contributed by atoms with Gasteiger partial charge in [-0.15, -0.1) is 5.10 Å². The molecule has 0 unspecified atom stereocenters. The summed E-state index contributed by atoms with van der Waals surface area (Å²) in [4.78, 5) is 0. The lowest BCUT2D eigenvalue weighted by atomic mass is 10.1. The van der Waals surface area contributed by atoms with Gasteiger partial charge < -0.3 is 14.6 Å². The van der Waals surface area contributed by atoms with E-state index in [1.165, 1.54) is 0 Å². The molecule has 0 atom stereocenters. The van der Waals surface area contributed by atoms with E-state index >= 15 is 0 Å². The van der Waals surface area contributed by atoms with Gasteiger partial charge in [-0.3, -0.25) is 0 Å². The summed E-state index contributed by atoms with van der Waals surface area (Å²) in [5.41, 5.74) is 1.35. The summed E-state index contributed by atoms with van der Waals surface area (Å²) in [5, 5.41) is 17.5. The molecule has 2 aromatic rings. The molecule has 1 heterocycles. The summed E-state index contributed by atoms with van der Waals surface area (Å²) < 4.78 is 12.9. The second-order valence-corrected chi connectivity index (χ2v) is 5.49. The number of rotatable bonds is 8. The zero-order valence-corrected chi connectivity index (χ0v) is 13.3. The van der Waals surface area contributed by atoms with Crippen molar-refractivity contribution in [3.63, 3.8) is 0 Å². The van der Waals surface area contributed by atoms with Crippen molar-refractivity contribution in [3.8, 4) is 11.5 Å². The van der Waals surface area contributed by atoms with E-state index in [4.69, 9.17) is 9.47 Å². The molecule has 1 N–H and O–H groups in total. The van der Waals surface area contributed by atoms with Crippen LogP contribution in [-0.4, -0.2) is 27.2 Å². The fourth-order valence-electron chi connectivity index (χ4n) is 2.09. The van der Waals surface area contributed by atoms with Crippen molar-refractivity contribution in [1.29, 1.82) is 0 Å². The summed E-state index contributed by atoms with van der Waals surface area (Å²) >= 11 is 0. The average molecular weight is 305 g/mol. The molecule has 0 saturated carbocycles. The summed E-state index contributed by atoms with van der Waals surface area (Å²) in [6.07, 6.45) is 0.996. The van der Waals surface area contributed by atoms with Crippen molar-refractivity contribution in [2.24, 2.45) is 5.92 Å². The predicted molar refractivity (Wildman–Crippen MR) is 82.7 cm³/mol. The van der Waals surface area contributed by atoms with Gasteiger partial charge in [0.2, 0.25) is 0 Å². The fourth-order valence-corrected chi connectivity index (χ4v) is 2.09. The molecule has 0 amide bonds. The van der Waals surface area contributed by atoms with Gasteiger partial charge in [-0.25, -0.2) is 4.68 Å². The van der Waals surface area contributed by atoms with Crippen molar-refractivity contribution < 1.29 is 14.6 Å². The van der Waals surface area contributed by atoms with Crippen molar-refractivity contribution in [1.82, 2.24) is 15.0 Å². The molecule has 0 fully saturated rings. The maximum Gasteiger partial charge on any atom is 0.161 e. The molecule has 0 saturated heterocycles. The van der Waals surface area contributed by atoms with Gasteiger partial charge in [0, 0.05) is 6.54 Å². The van der Waals surface area contributed by atoms with E-state index in [0.717, 1.165) is 18.7 Å². The summed E-state index contributed by atoms with van der Waals surface area (Å²) in [5.74, 6) is 1.91. The van der Waals surface area contributed by atoms with Crippen molar-refractivity contribution in [2.45, 2.75) is 40.0 Å². The van der Waals surface area contributed by atoms with Gasteiger partial charge in [0.05, 0.1) is 13.7 Å². The number of aliphatic hydroxyl groups excluding tert-OH is 1. The molecule has 120 valence electrons. The van der Waals surface area contributed by atoms with E-state index in [1.807, 2.05) is 24.3 Å². The summed E-state index contributed by atoms with van der Waals surface area (Å²) in [7, 11) is 1.61. The maximum atomic E-state index is 9.41. The monoisotopic (exact) mass is 305 g/mol. The van der Waals surface area contributed by atoms with Gasteiger partial charge in [0.25, 0.3) is 0 Å². The third kappa shape index (κ3) is 3.98. The van der Waals surface area contributed by atoms with E-state index in [9.17, 15) is 5.11 Å². The molecule has 0 bridgehead atoms. The Morgan fingerprint density at radius 3 is 2.59 bits per heavy atom. The minimum absolute atomic E-state index is 0.147. The quantitative estimate of drug-likeness (QED) is 0.811. The number of aryl methyl sites for hydroxylation is 1. The van der Waals surface area contributed by atoms with Crippen LogP contribution in [0.2, 0.25) is 0 Å². The number of nitrogens with zero attached hydrogens (tertiary/aromatic N) is 3. The van der Waals surface area contributed by atoms with Crippen LogP contribution < -0.4 is 9.47 Å².